The van der Waals surface area contributed by atoms with Gasteiger partial charge in [-0.3, -0.25) is 4.79 Å². The molecule has 3 rings (SSSR count). The lowest BCUT2D eigenvalue weighted by Gasteiger charge is -2.15. The predicted octanol–water partition coefficient (Wildman–Crippen LogP) is 4.00. The highest BCUT2D eigenvalue weighted by atomic mass is 16.5. The minimum Gasteiger partial charge on any atom is -0.497 e. The number of benzene rings is 2. The lowest BCUT2D eigenvalue weighted by molar-refractivity contribution is -0.113. The highest BCUT2D eigenvalue weighted by Crippen LogP contribution is 2.39. The molecule has 24 heavy (non-hydrogen) atoms. The zero-order valence-corrected chi connectivity index (χ0v) is 14.2. The molecule has 0 atom stereocenters. The minimum atomic E-state index is 0.0379. The molecule has 124 valence electrons. The number of fused-ring (bicyclic) bond motifs is 1. The first-order valence-corrected chi connectivity index (χ1v) is 8.04. The van der Waals surface area contributed by atoms with Crippen LogP contribution < -0.4 is 14.4 Å². The van der Waals surface area contributed by atoms with E-state index in [9.17, 15) is 4.79 Å². The maximum Gasteiger partial charge on any atom is 0.258 e. The Morgan fingerprint density at radius 1 is 1.08 bits per heavy atom. The Balaban J connectivity index is 2.09. The lowest BCUT2D eigenvalue weighted by Crippen LogP contribution is -2.26. The Kier molecular flexibility index (Phi) is 4.56. The standard InChI is InChI=1S/C20H21NO3/c1-4-11-21-18-8-6-5-7-16(18)17(20(21)22)12-14-9-10-15(23-2)13-19(14)24-3/h5-10,12-13H,4,11H2,1-3H3/b17-12-. The van der Waals surface area contributed by atoms with Crippen molar-refractivity contribution in [2.24, 2.45) is 0 Å². The largest absolute Gasteiger partial charge is 0.497 e. The van der Waals surface area contributed by atoms with E-state index < -0.39 is 0 Å². The van der Waals surface area contributed by atoms with E-state index in [1.807, 2.05) is 53.4 Å². The van der Waals surface area contributed by atoms with Crippen molar-refractivity contribution >= 4 is 23.2 Å². The molecule has 0 unspecified atom stereocenters. The average Bonchev–Trinajstić information content (AvgIpc) is 2.88. The molecule has 0 aromatic heterocycles. The van der Waals surface area contributed by atoms with Crippen molar-refractivity contribution < 1.29 is 14.3 Å². The maximum atomic E-state index is 12.9. The molecule has 1 aliphatic rings. The fourth-order valence-corrected chi connectivity index (χ4v) is 2.99. The fraction of sp³-hybridized carbons (Fsp3) is 0.250. The number of nitrogens with zero attached hydrogens (tertiary/aromatic N) is 1. The third kappa shape index (κ3) is 2.75. The van der Waals surface area contributed by atoms with Gasteiger partial charge >= 0.3 is 0 Å². The summed E-state index contributed by atoms with van der Waals surface area (Å²) in [5, 5.41) is 0. The molecule has 0 N–H and O–H groups in total. The summed E-state index contributed by atoms with van der Waals surface area (Å²) in [5.74, 6) is 1.44. The zero-order valence-electron chi connectivity index (χ0n) is 14.2. The Labute approximate surface area is 142 Å². The normalized spacial score (nSPS) is 14.9. The third-order valence-corrected chi connectivity index (χ3v) is 4.15. The van der Waals surface area contributed by atoms with Crippen molar-refractivity contribution in [2.45, 2.75) is 13.3 Å². The van der Waals surface area contributed by atoms with E-state index >= 15 is 0 Å². The number of amides is 1. The summed E-state index contributed by atoms with van der Waals surface area (Å²) in [4.78, 5) is 14.7. The molecule has 1 heterocycles. The Morgan fingerprint density at radius 2 is 1.88 bits per heavy atom. The van der Waals surface area contributed by atoms with E-state index in [4.69, 9.17) is 9.47 Å². The second-order valence-electron chi connectivity index (χ2n) is 5.64. The molecule has 0 radical (unpaired) electrons. The molecule has 1 amide bonds. The maximum absolute atomic E-state index is 12.9. The first-order chi connectivity index (χ1) is 11.7. The number of hydrogen-bond acceptors (Lipinski definition) is 3. The van der Waals surface area contributed by atoms with E-state index in [1.165, 1.54) is 0 Å². The van der Waals surface area contributed by atoms with Crippen LogP contribution in [0.3, 0.4) is 0 Å². The smallest absolute Gasteiger partial charge is 0.258 e. The van der Waals surface area contributed by atoms with Gasteiger partial charge in [-0.15, -0.1) is 0 Å². The number of anilines is 1. The number of ether oxygens (including phenoxy) is 2. The van der Waals surface area contributed by atoms with Gasteiger partial charge in [-0.25, -0.2) is 0 Å². The van der Waals surface area contributed by atoms with Crippen molar-refractivity contribution in [3.05, 3.63) is 53.6 Å². The number of methoxy groups -OCH3 is 2. The lowest BCUT2D eigenvalue weighted by atomic mass is 10.0. The van der Waals surface area contributed by atoms with Gasteiger partial charge < -0.3 is 14.4 Å². The van der Waals surface area contributed by atoms with Gasteiger partial charge in [0.2, 0.25) is 0 Å². The van der Waals surface area contributed by atoms with Crippen LogP contribution in [0.5, 0.6) is 11.5 Å². The van der Waals surface area contributed by atoms with Gasteiger partial charge in [-0.2, -0.15) is 0 Å². The van der Waals surface area contributed by atoms with Crippen LogP contribution in [0.4, 0.5) is 5.69 Å². The van der Waals surface area contributed by atoms with Crippen molar-refractivity contribution in [1.29, 1.82) is 0 Å². The van der Waals surface area contributed by atoms with Crippen LogP contribution in [0.2, 0.25) is 0 Å². The molecule has 0 spiro atoms. The Bertz CT molecular complexity index is 795. The van der Waals surface area contributed by atoms with Crippen molar-refractivity contribution in [3.63, 3.8) is 0 Å². The molecule has 0 saturated carbocycles. The van der Waals surface area contributed by atoms with Crippen LogP contribution in [0, 0.1) is 0 Å². The van der Waals surface area contributed by atoms with Crippen LogP contribution in [-0.4, -0.2) is 26.7 Å². The van der Waals surface area contributed by atoms with E-state index in [0.29, 0.717) is 17.9 Å². The minimum absolute atomic E-state index is 0.0379. The van der Waals surface area contributed by atoms with E-state index in [2.05, 4.69) is 6.92 Å². The summed E-state index contributed by atoms with van der Waals surface area (Å²) in [6, 6.07) is 13.5. The van der Waals surface area contributed by atoms with Crippen LogP contribution in [-0.2, 0) is 4.79 Å². The summed E-state index contributed by atoms with van der Waals surface area (Å²) in [6.07, 6.45) is 2.81. The van der Waals surface area contributed by atoms with Crippen LogP contribution in [0.1, 0.15) is 24.5 Å². The van der Waals surface area contributed by atoms with Gasteiger partial charge in [-0.05, 0) is 30.7 Å². The van der Waals surface area contributed by atoms with Gasteiger partial charge in [0.25, 0.3) is 5.91 Å². The average molecular weight is 323 g/mol. The van der Waals surface area contributed by atoms with Crippen molar-refractivity contribution in [2.75, 3.05) is 25.7 Å². The number of carbonyl (C=O) groups excluding carboxylic acids is 1. The highest BCUT2D eigenvalue weighted by Gasteiger charge is 2.31. The van der Waals surface area contributed by atoms with Gasteiger partial charge in [0, 0.05) is 29.3 Å². The molecular formula is C20H21NO3. The Hall–Kier alpha value is -2.75. The molecule has 1 aliphatic heterocycles. The summed E-state index contributed by atoms with van der Waals surface area (Å²) >= 11 is 0. The quantitative estimate of drug-likeness (QED) is 0.781. The van der Waals surface area contributed by atoms with Crippen LogP contribution in [0.15, 0.2) is 42.5 Å². The number of rotatable bonds is 5. The van der Waals surface area contributed by atoms with Gasteiger partial charge in [-0.1, -0.05) is 25.1 Å². The molecule has 0 saturated heterocycles. The summed E-state index contributed by atoms with van der Waals surface area (Å²) < 4.78 is 10.7. The number of para-hydroxylation sites is 1. The number of carbonyl (C=O) groups is 1. The summed E-state index contributed by atoms with van der Waals surface area (Å²) in [7, 11) is 3.23. The van der Waals surface area contributed by atoms with Gasteiger partial charge in [0.15, 0.2) is 0 Å². The van der Waals surface area contributed by atoms with Crippen LogP contribution in [0.25, 0.3) is 11.6 Å². The first kappa shape index (κ1) is 16.1. The highest BCUT2D eigenvalue weighted by molar-refractivity contribution is 6.35. The van der Waals surface area contributed by atoms with Crippen molar-refractivity contribution in [1.82, 2.24) is 0 Å². The molecule has 2 aromatic carbocycles. The monoisotopic (exact) mass is 323 g/mol. The molecule has 4 nitrogen and oxygen atoms in total. The third-order valence-electron chi connectivity index (χ3n) is 4.15. The summed E-state index contributed by atoms with van der Waals surface area (Å²) in [6.45, 7) is 2.79. The Morgan fingerprint density at radius 3 is 2.58 bits per heavy atom. The van der Waals surface area contributed by atoms with Crippen molar-refractivity contribution in [3.8, 4) is 11.5 Å². The predicted molar refractivity (Wildman–Crippen MR) is 96.5 cm³/mol. The van der Waals surface area contributed by atoms with E-state index in [0.717, 1.165) is 29.0 Å². The molecule has 0 bridgehead atoms. The molecule has 0 aliphatic carbocycles. The topological polar surface area (TPSA) is 38.8 Å². The first-order valence-electron chi connectivity index (χ1n) is 8.04. The van der Waals surface area contributed by atoms with E-state index in [-0.39, 0.29) is 5.91 Å². The molecule has 2 aromatic rings. The van der Waals surface area contributed by atoms with Gasteiger partial charge in [0.05, 0.1) is 19.9 Å². The zero-order chi connectivity index (χ0) is 17.1. The number of hydrogen-bond donors (Lipinski definition) is 0. The second kappa shape index (κ2) is 6.79. The summed E-state index contributed by atoms with van der Waals surface area (Å²) in [5.41, 5.74) is 3.49. The molecule has 4 heteroatoms. The molecule has 0 fully saturated rings. The van der Waals surface area contributed by atoms with Crippen LogP contribution >= 0.6 is 0 Å². The SMILES string of the molecule is CCCN1C(=O)/C(=C\c2ccc(OC)cc2OC)c2ccccc21. The van der Waals surface area contributed by atoms with Gasteiger partial charge in [0.1, 0.15) is 11.5 Å². The molecular weight excluding hydrogens is 302 g/mol. The van der Waals surface area contributed by atoms with E-state index in [1.54, 1.807) is 14.2 Å². The second-order valence-corrected chi connectivity index (χ2v) is 5.64. The fourth-order valence-electron chi connectivity index (χ4n) is 2.99.